The predicted octanol–water partition coefficient (Wildman–Crippen LogP) is 20.2. The number of fused-ring (bicyclic) bond motifs is 13. The molecule has 2 heteroatoms. The van der Waals surface area contributed by atoms with Gasteiger partial charge in [-0.1, -0.05) is 206 Å². The average Bonchev–Trinajstić information content (AvgIpc) is 3.99. The van der Waals surface area contributed by atoms with Gasteiger partial charge in [0.2, 0.25) is 0 Å². The van der Waals surface area contributed by atoms with Crippen molar-refractivity contribution in [3.63, 3.8) is 0 Å². The number of rotatable bonds is 4. The quantitative estimate of drug-likeness (QED) is 0.164. The molecule has 0 unspecified atom stereocenters. The zero-order valence-corrected chi connectivity index (χ0v) is 38.9. The van der Waals surface area contributed by atoms with E-state index in [4.69, 9.17) is 8.83 Å². The van der Waals surface area contributed by atoms with E-state index in [1.54, 1.807) is 0 Å². The van der Waals surface area contributed by atoms with E-state index in [-0.39, 0.29) is 0 Å². The van der Waals surface area contributed by atoms with Gasteiger partial charge in [-0.3, -0.25) is 0 Å². The Labute approximate surface area is 413 Å². The van der Waals surface area contributed by atoms with Gasteiger partial charge in [0.25, 0.3) is 0 Å². The van der Waals surface area contributed by atoms with Crippen LogP contribution in [0.4, 0.5) is 0 Å². The lowest BCUT2D eigenvalue weighted by molar-refractivity contribution is 0.670. The van der Waals surface area contributed by atoms with E-state index >= 15 is 0 Å². The summed E-state index contributed by atoms with van der Waals surface area (Å²) in [5, 5.41) is 21.4. The Morgan fingerprint density at radius 1 is 0.194 bits per heavy atom. The van der Waals surface area contributed by atoms with Gasteiger partial charge in [0.15, 0.2) is 0 Å². The fourth-order valence-corrected chi connectivity index (χ4v) is 12.4. The smallest absolute Gasteiger partial charge is 0.143 e. The highest BCUT2D eigenvalue weighted by atomic mass is 16.3. The van der Waals surface area contributed by atoms with Crippen molar-refractivity contribution < 1.29 is 8.83 Å². The third-order valence-corrected chi connectivity index (χ3v) is 15.5. The van der Waals surface area contributed by atoms with Crippen LogP contribution in [0.1, 0.15) is 0 Å². The number of benzene rings is 14. The highest BCUT2D eigenvalue weighted by Crippen LogP contribution is 2.50. The SMILES string of the molecule is c1ccc2cc3c(cc2c1)oc1c(-c2c4ccccc4c(-c4ccc5cc(-c6c7ccccc7c(-c7cccc8c7oc7cc9ccccc9cc78)c7ccccc67)ccc5c4)c4ccccc24)cccc13. The molecule has 0 atom stereocenters. The van der Waals surface area contributed by atoms with Crippen molar-refractivity contribution in [3.8, 4) is 44.5 Å². The van der Waals surface area contributed by atoms with Gasteiger partial charge >= 0.3 is 0 Å². The molecule has 0 saturated heterocycles. The summed E-state index contributed by atoms with van der Waals surface area (Å²) in [6, 6.07) is 88.8. The predicted molar refractivity (Wildman–Crippen MR) is 305 cm³/mol. The number of para-hydroxylation sites is 2. The molecule has 16 aromatic rings. The minimum atomic E-state index is 0.907. The first-order chi connectivity index (χ1) is 35.7. The topological polar surface area (TPSA) is 26.3 Å². The first-order valence-electron chi connectivity index (χ1n) is 24.8. The molecule has 0 bridgehead atoms. The van der Waals surface area contributed by atoms with Crippen LogP contribution in [0.5, 0.6) is 0 Å². The molecule has 0 amide bonds. The molecule has 0 aliphatic heterocycles. The summed E-state index contributed by atoms with van der Waals surface area (Å²) in [5.74, 6) is 0. The zero-order chi connectivity index (χ0) is 47.0. The minimum absolute atomic E-state index is 0.907. The van der Waals surface area contributed by atoms with Crippen LogP contribution in [-0.2, 0) is 0 Å². The lowest BCUT2D eigenvalue weighted by atomic mass is 9.84. The van der Waals surface area contributed by atoms with Crippen LogP contribution in [0.3, 0.4) is 0 Å². The van der Waals surface area contributed by atoms with Crippen molar-refractivity contribution >= 4 is 119 Å². The highest BCUT2D eigenvalue weighted by Gasteiger charge is 2.23. The molecule has 0 fully saturated rings. The standard InChI is InChI=1S/C70H40O2/c1-3-17-43-39-63-61(37-41(43)15-1)57-27-13-29-59(69(57)71-63)67-53-23-9-5-19-49(53)65(50-20-6-10-24-54(50)67)47-33-31-46-36-48(34-32-45(46)35-47)66-51-21-7-11-25-55(51)68(56-26-12-8-22-52(56)66)60-30-14-28-58-62-38-42-16-2-4-18-44(42)40-64(62)72-70(58)60/h1-40H. The van der Waals surface area contributed by atoms with Crippen LogP contribution >= 0.6 is 0 Å². The van der Waals surface area contributed by atoms with Crippen LogP contribution in [0, 0.1) is 0 Å². The molecule has 0 aliphatic carbocycles. The van der Waals surface area contributed by atoms with Crippen LogP contribution in [0.2, 0.25) is 0 Å². The summed E-state index contributed by atoms with van der Waals surface area (Å²) in [6.07, 6.45) is 0. The van der Waals surface area contributed by atoms with Crippen molar-refractivity contribution in [2.24, 2.45) is 0 Å². The van der Waals surface area contributed by atoms with Gasteiger partial charge in [-0.25, -0.2) is 0 Å². The van der Waals surface area contributed by atoms with Crippen LogP contribution in [0.25, 0.3) is 164 Å². The molecule has 0 aliphatic rings. The molecule has 332 valence electrons. The molecule has 0 spiro atoms. The lowest BCUT2D eigenvalue weighted by Crippen LogP contribution is -1.92. The fraction of sp³-hybridized carbons (Fsp3) is 0. The maximum atomic E-state index is 6.86. The average molecular weight is 913 g/mol. The summed E-state index contributed by atoms with van der Waals surface area (Å²) in [4.78, 5) is 0. The molecular weight excluding hydrogens is 873 g/mol. The zero-order valence-electron chi connectivity index (χ0n) is 38.9. The van der Waals surface area contributed by atoms with Crippen LogP contribution < -0.4 is 0 Å². The summed E-state index contributed by atoms with van der Waals surface area (Å²) < 4.78 is 13.7. The van der Waals surface area contributed by atoms with Gasteiger partial charge in [-0.15, -0.1) is 0 Å². The Morgan fingerprint density at radius 2 is 0.486 bits per heavy atom. The first-order valence-corrected chi connectivity index (χ1v) is 24.8. The van der Waals surface area contributed by atoms with E-state index in [0.29, 0.717) is 0 Å². The second-order valence-electron chi connectivity index (χ2n) is 19.4. The van der Waals surface area contributed by atoms with Crippen molar-refractivity contribution in [2.45, 2.75) is 0 Å². The Bertz CT molecular complexity index is 4560. The molecule has 0 saturated carbocycles. The summed E-state index contributed by atoms with van der Waals surface area (Å²) in [5.41, 5.74) is 13.1. The van der Waals surface area contributed by atoms with E-state index in [1.165, 1.54) is 109 Å². The van der Waals surface area contributed by atoms with Crippen LogP contribution in [-0.4, -0.2) is 0 Å². The third-order valence-electron chi connectivity index (χ3n) is 15.5. The first kappa shape index (κ1) is 39.4. The Kier molecular flexibility index (Phi) is 8.20. The molecule has 72 heavy (non-hydrogen) atoms. The third kappa shape index (κ3) is 5.66. The van der Waals surface area contributed by atoms with Gasteiger partial charge in [-0.05, 0) is 134 Å². The van der Waals surface area contributed by atoms with Gasteiger partial charge in [0, 0.05) is 43.8 Å². The van der Waals surface area contributed by atoms with Crippen molar-refractivity contribution in [2.75, 3.05) is 0 Å². The highest BCUT2D eigenvalue weighted by molar-refractivity contribution is 6.27. The molecule has 0 N–H and O–H groups in total. The molecule has 16 rings (SSSR count). The van der Waals surface area contributed by atoms with Crippen molar-refractivity contribution in [1.82, 2.24) is 0 Å². The molecule has 2 nitrogen and oxygen atoms in total. The van der Waals surface area contributed by atoms with E-state index < -0.39 is 0 Å². The second kappa shape index (κ2) is 15.0. The van der Waals surface area contributed by atoms with E-state index in [0.717, 1.165) is 55.0 Å². The van der Waals surface area contributed by atoms with Crippen LogP contribution in [0.15, 0.2) is 251 Å². The van der Waals surface area contributed by atoms with E-state index in [9.17, 15) is 0 Å². The summed E-state index contributed by atoms with van der Waals surface area (Å²) in [6.45, 7) is 0. The Balaban J connectivity index is 0.859. The molecule has 0 radical (unpaired) electrons. The van der Waals surface area contributed by atoms with Gasteiger partial charge in [-0.2, -0.15) is 0 Å². The second-order valence-corrected chi connectivity index (χ2v) is 19.4. The summed E-state index contributed by atoms with van der Waals surface area (Å²) >= 11 is 0. The molecule has 2 heterocycles. The van der Waals surface area contributed by atoms with Gasteiger partial charge in [0.05, 0.1) is 0 Å². The molecule has 14 aromatic carbocycles. The van der Waals surface area contributed by atoms with E-state index in [2.05, 4.69) is 243 Å². The van der Waals surface area contributed by atoms with Crippen molar-refractivity contribution in [1.29, 1.82) is 0 Å². The maximum Gasteiger partial charge on any atom is 0.143 e. The maximum absolute atomic E-state index is 6.86. The minimum Gasteiger partial charge on any atom is -0.455 e. The fourth-order valence-electron chi connectivity index (χ4n) is 12.4. The molecular formula is C70H40O2. The number of hydrogen-bond donors (Lipinski definition) is 0. The Morgan fingerprint density at radius 3 is 0.847 bits per heavy atom. The number of furan rings is 2. The lowest BCUT2D eigenvalue weighted by Gasteiger charge is -2.19. The largest absolute Gasteiger partial charge is 0.455 e. The van der Waals surface area contributed by atoms with Gasteiger partial charge < -0.3 is 8.83 Å². The summed E-state index contributed by atoms with van der Waals surface area (Å²) in [7, 11) is 0. The monoisotopic (exact) mass is 912 g/mol. The van der Waals surface area contributed by atoms with Crippen molar-refractivity contribution in [3.05, 3.63) is 243 Å². The van der Waals surface area contributed by atoms with E-state index in [1.807, 2.05) is 0 Å². The van der Waals surface area contributed by atoms with Gasteiger partial charge in [0.1, 0.15) is 22.3 Å². The Hall–Kier alpha value is -9.50. The number of hydrogen-bond acceptors (Lipinski definition) is 2. The molecule has 2 aromatic heterocycles. The normalized spacial score (nSPS) is 12.2.